The minimum Gasteiger partial charge on any atom is -0.356 e. The first-order valence-corrected chi connectivity index (χ1v) is 9.64. The standard InChI is InChI=1S/C16H27N3O3S/c20-10-6-2-1-5-9-17-14(21)8-4-3-7-13-15-12(11-23-13)18-16(22)19-15/h10,12-13,15H,1-9,11H2,(H,17,21)(H2,18,19,22)/t12-,13-,15-/m0/s1. The van der Waals surface area contributed by atoms with E-state index in [4.69, 9.17) is 0 Å². The summed E-state index contributed by atoms with van der Waals surface area (Å²) in [5, 5.41) is 9.34. The van der Waals surface area contributed by atoms with Crippen LogP contribution in [0.1, 0.15) is 51.4 Å². The fourth-order valence-corrected chi connectivity index (χ4v) is 4.66. The molecule has 3 atom stereocenters. The predicted octanol–water partition coefficient (Wildman–Crippen LogP) is 1.59. The van der Waals surface area contributed by atoms with Gasteiger partial charge in [-0.25, -0.2) is 4.79 Å². The summed E-state index contributed by atoms with van der Waals surface area (Å²) in [5.74, 6) is 1.10. The lowest BCUT2D eigenvalue weighted by atomic mass is 10.0. The van der Waals surface area contributed by atoms with Crippen LogP contribution in [0.3, 0.4) is 0 Å². The average molecular weight is 341 g/mol. The van der Waals surface area contributed by atoms with Gasteiger partial charge in [0.1, 0.15) is 6.29 Å². The SMILES string of the molecule is O=CCCCCCNC(=O)CCCC[C@@H]1SC[C@@H]2NC(=O)N[C@@H]21. The Labute approximate surface area is 141 Å². The lowest BCUT2D eigenvalue weighted by molar-refractivity contribution is -0.121. The van der Waals surface area contributed by atoms with Crippen LogP contribution in [0.15, 0.2) is 0 Å². The minimum absolute atomic E-state index is 0.0437. The van der Waals surface area contributed by atoms with Gasteiger partial charge in [-0.1, -0.05) is 12.8 Å². The van der Waals surface area contributed by atoms with E-state index in [1.54, 1.807) is 0 Å². The van der Waals surface area contributed by atoms with Gasteiger partial charge < -0.3 is 20.7 Å². The first-order valence-electron chi connectivity index (χ1n) is 8.59. The van der Waals surface area contributed by atoms with Crippen LogP contribution in [0, 0.1) is 0 Å². The summed E-state index contributed by atoms with van der Waals surface area (Å²) in [6.07, 6.45) is 7.93. The Morgan fingerprint density at radius 1 is 1.22 bits per heavy atom. The monoisotopic (exact) mass is 341 g/mol. The summed E-state index contributed by atoms with van der Waals surface area (Å²) in [6.45, 7) is 0.706. The molecule has 0 saturated carbocycles. The van der Waals surface area contributed by atoms with Crippen molar-refractivity contribution in [2.24, 2.45) is 0 Å². The molecule has 23 heavy (non-hydrogen) atoms. The van der Waals surface area contributed by atoms with E-state index in [0.717, 1.165) is 50.6 Å². The summed E-state index contributed by atoms with van der Waals surface area (Å²) >= 11 is 1.92. The number of urea groups is 1. The van der Waals surface area contributed by atoms with Crippen LogP contribution in [0.5, 0.6) is 0 Å². The summed E-state index contributed by atoms with van der Waals surface area (Å²) in [7, 11) is 0. The third-order valence-electron chi connectivity index (χ3n) is 4.40. The summed E-state index contributed by atoms with van der Waals surface area (Å²) in [5.41, 5.74) is 0. The lowest BCUT2D eigenvalue weighted by Crippen LogP contribution is -2.36. The van der Waals surface area contributed by atoms with Crippen LogP contribution < -0.4 is 16.0 Å². The quantitative estimate of drug-likeness (QED) is 0.302. The molecule has 2 aliphatic heterocycles. The molecule has 3 N–H and O–H groups in total. The molecule has 3 amide bonds. The van der Waals surface area contributed by atoms with Crippen molar-refractivity contribution in [3.63, 3.8) is 0 Å². The molecule has 2 rings (SSSR count). The zero-order valence-corrected chi connectivity index (χ0v) is 14.3. The largest absolute Gasteiger partial charge is 0.356 e. The smallest absolute Gasteiger partial charge is 0.315 e. The van der Waals surface area contributed by atoms with Gasteiger partial charge in [0, 0.05) is 30.4 Å². The normalized spacial score (nSPS) is 25.6. The molecule has 130 valence electrons. The summed E-state index contributed by atoms with van der Waals surface area (Å²) < 4.78 is 0. The van der Waals surface area contributed by atoms with Gasteiger partial charge in [-0.2, -0.15) is 11.8 Å². The molecular formula is C16H27N3O3S. The van der Waals surface area contributed by atoms with Gasteiger partial charge in [0.25, 0.3) is 0 Å². The molecule has 2 heterocycles. The minimum atomic E-state index is -0.0437. The summed E-state index contributed by atoms with van der Waals surface area (Å²) in [6, 6.07) is 0.491. The van der Waals surface area contributed by atoms with E-state index in [1.165, 1.54) is 0 Å². The van der Waals surface area contributed by atoms with Crippen LogP contribution >= 0.6 is 11.8 Å². The third-order valence-corrected chi connectivity index (χ3v) is 5.91. The van der Waals surface area contributed by atoms with E-state index >= 15 is 0 Å². The highest BCUT2D eigenvalue weighted by atomic mass is 32.2. The van der Waals surface area contributed by atoms with Crippen molar-refractivity contribution in [2.75, 3.05) is 12.3 Å². The molecule has 0 aromatic carbocycles. The molecule has 7 heteroatoms. The fourth-order valence-electron chi connectivity index (χ4n) is 3.12. The van der Waals surface area contributed by atoms with Crippen molar-refractivity contribution in [3.05, 3.63) is 0 Å². The van der Waals surface area contributed by atoms with Crippen molar-refractivity contribution in [1.82, 2.24) is 16.0 Å². The maximum Gasteiger partial charge on any atom is 0.315 e. The molecule has 0 spiro atoms. The first kappa shape index (κ1) is 18.1. The van der Waals surface area contributed by atoms with Crippen molar-refractivity contribution >= 4 is 30.0 Å². The van der Waals surface area contributed by atoms with Gasteiger partial charge in [0.05, 0.1) is 12.1 Å². The van der Waals surface area contributed by atoms with Crippen LogP contribution in [0.2, 0.25) is 0 Å². The highest BCUT2D eigenvalue weighted by Crippen LogP contribution is 2.33. The Hall–Kier alpha value is -1.24. The molecule has 0 radical (unpaired) electrons. The number of rotatable bonds is 11. The van der Waals surface area contributed by atoms with Crippen molar-refractivity contribution < 1.29 is 14.4 Å². The van der Waals surface area contributed by atoms with E-state index < -0.39 is 0 Å². The number of thioether (sulfide) groups is 1. The van der Waals surface area contributed by atoms with E-state index in [2.05, 4.69) is 16.0 Å². The molecule has 0 unspecified atom stereocenters. The maximum atomic E-state index is 11.7. The Kier molecular flexibility index (Phi) is 7.71. The lowest BCUT2D eigenvalue weighted by Gasteiger charge is -2.16. The van der Waals surface area contributed by atoms with Gasteiger partial charge in [0.15, 0.2) is 0 Å². The second-order valence-electron chi connectivity index (χ2n) is 6.23. The number of fused-ring (bicyclic) bond motifs is 1. The van der Waals surface area contributed by atoms with Gasteiger partial charge >= 0.3 is 6.03 Å². The van der Waals surface area contributed by atoms with Gasteiger partial charge in [0.2, 0.25) is 5.91 Å². The summed E-state index contributed by atoms with van der Waals surface area (Å²) in [4.78, 5) is 33.2. The van der Waals surface area contributed by atoms with E-state index in [9.17, 15) is 14.4 Å². The molecule has 0 aromatic heterocycles. The van der Waals surface area contributed by atoms with E-state index in [1.807, 2.05) is 11.8 Å². The van der Waals surface area contributed by atoms with E-state index in [-0.39, 0.29) is 24.0 Å². The second kappa shape index (κ2) is 9.80. The molecule has 0 aliphatic carbocycles. The van der Waals surface area contributed by atoms with Gasteiger partial charge in [-0.3, -0.25) is 4.79 Å². The number of aldehydes is 1. The molecular weight excluding hydrogens is 314 g/mol. The van der Waals surface area contributed by atoms with Crippen LogP contribution in [0.4, 0.5) is 4.79 Å². The number of hydrogen-bond acceptors (Lipinski definition) is 4. The maximum absolute atomic E-state index is 11.7. The highest BCUT2D eigenvalue weighted by Gasteiger charge is 2.42. The number of amides is 3. The molecule has 2 saturated heterocycles. The first-order chi connectivity index (χ1) is 11.2. The zero-order chi connectivity index (χ0) is 16.5. The molecule has 0 bridgehead atoms. The molecule has 2 aliphatic rings. The number of unbranched alkanes of at least 4 members (excludes halogenated alkanes) is 4. The average Bonchev–Trinajstić information content (AvgIpc) is 3.07. The number of carbonyl (C=O) groups excluding carboxylic acids is 3. The number of carbonyl (C=O) groups is 3. The van der Waals surface area contributed by atoms with Crippen molar-refractivity contribution in [2.45, 2.75) is 68.7 Å². The molecule has 2 fully saturated rings. The van der Waals surface area contributed by atoms with Crippen LogP contribution in [-0.2, 0) is 9.59 Å². The second-order valence-corrected chi connectivity index (χ2v) is 7.51. The van der Waals surface area contributed by atoms with Crippen molar-refractivity contribution in [3.8, 4) is 0 Å². The van der Waals surface area contributed by atoms with Crippen LogP contribution in [-0.4, -0.2) is 47.9 Å². The predicted molar refractivity (Wildman–Crippen MR) is 91.5 cm³/mol. The number of nitrogens with one attached hydrogen (secondary N) is 3. The number of hydrogen-bond donors (Lipinski definition) is 3. The zero-order valence-electron chi connectivity index (χ0n) is 13.5. The van der Waals surface area contributed by atoms with Crippen molar-refractivity contribution in [1.29, 1.82) is 0 Å². The fraction of sp³-hybridized carbons (Fsp3) is 0.812. The Bertz CT molecular complexity index is 419. The van der Waals surface area contributed by atoms with E-state index in [0.29, 0.717) is 24.6 Å². The molecule has 6 nitrogen and oxygen atoms in total. The topological polar surface area (TPSA) is 87.3 Å². The Morgan fingerprint density at radius 3 is 2.91 bits per heavy atom. The Morgan fingerprint density at radius 2 is 2.09 bits per heavy atom. The van der Waals surface area contributed by atoms with Gasteiger partial charge in [-0.05, 0) is 25.7 Å². The highest BCUT2D eigenvalue weighted by molar-refractivity contribution is 8.00. The third kappa shape index (κ3) is 6.05. The van der Waals surface area contributed by atoms with Crippen LogP contribution in [0.25, 0.3) is 0 Å². The Balaban J connectivity index is 1.46. The van der Waals surface area contributed by atoms with Gasteiger partial charge in [-0.15, -0.1) is 0 Å². The molecule has 0 aromatic rings.